The Hall–Kier alpha value is -2.04. The first kappa shape index (κ1) is 17.0. The van der Waals surface area contributed by atoms with Crippen LogP contribution in [-0.2, 0) is 4.79 Å². The fourth-order valence-electron chi connectivity index (χ4n) is 2.15. The summed E-state index contributed by atoms with van der Waals surface area (Å²) in [6.07, 6.45) is 0. The second kappa shape index (κ2) is 6.61. The molecule has 1 aromatic carbocycles. The van der Waals surface area contributed by atoms with E-state index in [-0.39, 0.29) is 12.6 Å². The van der Waals surface area contributed by atoms with E-state index >= 15 is 0 Å². The van der Waals surface area contributed by atoms with Crippen LogP contribution in [0.1, 0.15) is 33.3 Å². The van der Waals surface area contributed by atoms with Gasteiger partial charge in [-0.2, -0.15) is 0 Å². The molecule has 0 heterocycles. The number of benzene rings is 1. The molecule has 1 N–H and O–H groups in total. The van der Waals surface area contributed by atoms with Crippen molar-refractivity contribution in [1.82, 2.24) is 4.90 Å². The van der Waals surface area contributed by atoms with Gasteiger partial charge in [-0.25, -0.2) is 4.79 Å². The fraction of sp³-hybridized carbons (Fsp3) is 0.500. The van der Waals surface area contributed by atoms with Crippen molar-refractivity contribution in [3.8, 4) is 0 Å². The second-order valence-corrected chi connectivity index (χ2v) is 5.96. The van der Waals surface area contributed by atoms with Gasteiger partial charge in [-0.15, -0.1) is 0 Å². The van der Waals surface area contributed by atoms with E-state index in [1.165, 1.54) is 4.90 Å². The molecule has 1 rings (SSSR count). The Morgan fingerprint density at radius 1 is 1.19 bits per heavy atom. The number of aryl methyl sites for hydroxylation is 1. The molecule has 0 fully saturated rings. The summed E-state index contributed by atoms with van der Waals surface area (Å²) in [6, 6.07) is 7.30. The predicted molar refractivity (Wildman–Crippen MR) is 83.7 cm³/mol. The van der Waals surface area contributed by atoms with Gasteiger partial charge in [0.25, 0.3) is 0 Å². The third kappa shape index (κ3) is 4.21. The lowest BCUT2D eigenvalue weighted by molar-refractivity contribution is -0.138. The molecular weight excluding hydrogens is 268 g/mol. The SMILES string of the molecule is CCN(C(=O)N(CC(=O)O)C(C)(C)C)c1ccccc1C. The Morgan fingerprint density at radius 2 is 1.76 bits per heavy atom. The van der Waals surface area contributed by atoms with Crippen molar-refractivity contribution < 1.29 is 14.7 Å². The van der Waals surface area contributed by atoms with Crippen LogP contribution in [0.5, 0.6) is 0 Å². The first-order valence-corrected chi connectivity index (χ1v) is 7.05. The molecule has 0 spiro atoms. The molecule has 0 radical (unpaired) electrons. The van der Waals surface area contributed by atoms with E-state index in [0.29, 0.717) is 6.54 Å². The highest BCUT2D eigenvalue weighted by Gasteiger charge is 2.32. The molecule has 0 aliphatic carbocycles. The highest BCUT2D eigenvalue weighted by Crippen LogP contribution is 2.23. The largest absolute Gasteiger partial charge is 0.480 e. The number of carbonyl (C=O) groups is 2. The molecule has 5 nitrogen and oxygen atoms in total. The number of amides is 2. The van der Waals surface area contributed by atoms with Crippen LogP contribution in [0.25, 0.3) is 0 Å². The normalized spacial score (nSPS) is 11.1. The van der Waals surface area contributed by atoms with E-state index in [0.717, 1.165) is 11.3 Å². The molecule has 2 amide bonds. The maximum absolute atomic E-state index is 12.8. The topological polar surface area (TPSA) is 60.9 Å². The average molecular weight is 292 g/mol. The van der Waals surface area contributed by atoms with Crippen molar-refractivity contribution >= 4 is 17.7 Å². The van der Waals surface area contributed by atoms with Gasteiger partial charge in [0, 0.05) is 17.8 Å². The summed E-state index contributed by atoms with van der Waals surface area (Å²) < 4.78 is 0. The molecule has 0 saturated heterocycles. The van der Waals surface area contributed by atoms with E-state index in [9.17, 15) is 9.59 Å². The zero-order valence-corrected chi connectivity index (χ0v) is 13.4. The second-order valence-electron chi connectivity index (χ2n) is 5.96. The number of hydrogen-bond acceptors (Lipinski definition) is 2. The lowest BCUT2D eigenvalue weighted by Gasteiger charge is -2.38. The number of anilines is 1. The van der Waals surface area contributed by atoms with Crippen LogP contribution in [0.4, 0.5) is 10.5 Å². The summed E-state index contributed by atoms with van der Waals surface area (Å²) in [6.45, 7) is 9.48. The van der Waals surface area contributed by atoms with Crippen LogP contribution in [0.3, 0.4) is 0 Å². The van der Waals surface area contributed by atoms with Crippen LogP contribution in [0, 0.1) is 6.92 Å². The van der Waals surface area contributed by atoms with Crippen molar-refractivity contribution in [2.45, 2.75) is 40.2 Å². The number of carboxylic acid groups (broad SMARTS) is 1. The van der Waals surface area contributed by atoms with E-state index in [1.54, 1.807) is 4.90 Å². The molecule has 116 valence electrons. The van der Waals surface area contributed by atoms with Gasteiger partial charge in [-0.05, 0) is 46.2 Å². The summed E-state index contributed by atoms with van der Waals surface area (Å²) in [7, 11) is 0. The maximum atomic E-state index is 12.8. The lowest BCUT2D eigenvalue weighted by atomic mass is 10.1. The number of nitrogens with zero attached hydrogens (tertiary/aromatic N) is 2. The Balaban J connectivity index is 3.16. The van der Waals surface area contributed by atoms with Crippen LogP contribution in [-0.4, -0.2) is 40.6 Å². The Labute approximate surface area is 126 Å². The summed E-state index contributed by atoms with van der Waals surface area (Å²) in [5.74, 6) is -1.01. The standard InChI is InChI=1S/C16H24N2O3/c1-6-17(13-10-8-7-9-12(13)2)15(21)18(11-14(19)20)16(3,4)5/h7-10H,6,11H2,1-5H3,(H,19,20). The number of carbonyl (C=O) groups excluding carboxylic acids is 1. The number of hydrogen-bond donors (Lipinski definition) is 1. The van der Waals surface area contributed by atoms with E-state index in [2.05, 4.69) is 0 Å². The van der Waals surface area contributed by atoms with Gasteiger partial charge in [-0.3, -0.25) is 9.69 Å². The van der Waals surface area contributed by atoms with Crippen molar-refractivity contribution in [2.75, 3.05) is 18.0 Å². The van der Waals surface area contributed by atoms with Crippen molar-refractivity contribution in [3.05, 3.63) is 29.8 Å². The number of carboxylic acids is 1. The van der Waals surface area contributed by atoms with E-state index < -0.39 is 11.5 Å². The zero-order chi connectivity index (χ0) is 16.2. The summed E-state index contributed by atoms with van der Waals surface area (Å²) in [4.78, 5) is 26.9. The molecule has 0 aromatic heterocycles. The van der Waals surface area contributed by atoms with Crippen LogP contribution >= 0.6 is 0 Å². The molecule has 0 aliphatic rings. The Kier molecular flexibility index (Phi) is 5.35. The summed E-state index contributed by atoms with van der Waals surface area (Å²) >= 11 is 0. The van der Waals surface area contributed by atoms with Crippen LogP contribution < -0.4 is 4.90 Å². The lowest BCUT2D eigenvalue weighted by Crippen LogP contribution is -2.54. The highest BCUT2D eigenvalue weighted by atomic mass is 16.4. The fourth-order valence-corrected chi connectivity index (χ4v) is 2.15. The molecule has 1 aromatic rings. The molecule has 0 saturated carbocycles. The summed E-state index contributed by atoms with van der Waals surface area (Å²) in [5, 5.41) is 9.06. The highest BCUT2D eigenvalue weighted by molar-refractivity contribution is 5.94. The van der Waals surface area contributed by atoms with Gasteiger partial charge in [0.1, 0.15) is 6.54 Å². The summed E-state index contributed by atoms with van der Waals surface area (Å²) in [5.41, 5.74) is 1.23. The maximum Gasteiger partial charge on any atom is 0.325 e. The molecule has 0 bridgehead atoms. The average Bonchev–Trinajstić information content (AvgIpc) is 2.37. The zero-order valence-electron chi connectivity index (χ0n) is 13.4. The number of urea groups is 1. The van der Waals surface area contributed by atoms with Gasteiger partial charge < -0.3 is 10.0 Å². The minimum Gasteiger partial charge on any atom is -0.480 e. The molecular formula is C16H24N2O3. The van der Waals surface area contributed by atoms with Gasteiger partial charge in [0.2, 0.25) is 0 Å². The first-order chi connectivity index (χ1) is 9.68. The van der Waals surface area contributed by atoms with Gasteiger partial charge in [0.15, 0.2) is 0 Å². The molecule has 0 unspecified atom stereocenters. The molecule has 0 aliphatic heterocycles. The number of rotatable bonds is 4. The molecule has 0 atom stereocenters. The van der Waals surface area contributed by atoms with Crippen molar-refractivity contribution in [1.29, 1.82) is 0 Å². The van der Waals surface area contributed by atoms with Crippen LogP contribution in [0.15, 0.2) is 24.3 Å². The number of para-hydroxylation sites is 1. The van der Waals surface area contributed by atoms with E-state index in [1.807, 2.05) is 58.9 Å². The third-order valence-electron chi connectivity index (χ3n) is 3.29. The Bertz CT molecular complexity index is 520. The van der Waals surface area contributed by atoms with Gasteiger partial charge >= 0.3 is 12.0 Å². The minimum absolute atomic E-state index is 0.290. The minimum atomic E-state index is -1.01. The van der Waals surface area contributed by atoms with Gasteiger partial charge in [0.05, 0.1) is 0 Å². The Morgan fingerprint density at radius 3 is 2.19 bits per heavy atom. The molecule has 5 heteroatoms. The third-order valence-corrected chi connectivity index (χ3v) is 3.29. The number of aliphatic carboxylic acids is 1. The monoisotopic (exact) mass is 292 g/mol. The smallest absolute Gasteiger partial charge is 0.325 e. The van der Waals surface area contributed by atoms with Gasteiger partial charge in [-0.1, -0.05) is 18.2 Å². The van der Waals surface area contributed by atoms with Crippen molar-refractivity contribution in [2.24, 2.45) is 0 Å². The van der Waals surface area contributed by atoms with E-state index in [4.69, 9.17) is 5.11 Å². The van der Waals surface area contributed by atoms with Crippen molar-refractivity contribution in [3.63, 3.8) is 0 Å². The van der Waals surface area contributed by atoms with Crippen LogP contribution in [0.2, 0.25) is 0 Å². The quantitative estimate of drug-likeness (QED) is 0.927. The molecule has 21 heavy (non-hydrogen) atoms. The predicted octanol–water partition coefficient (Wildman–Crippen LogP) is 3.13. The first-order valence-electron chi connectivity index (χ1n) is 7.05.